The second-order valence-corrected chi connectivity index (χ2v) is 6.72. The first-order chi connectivity index (χ1) is 9.16. The maximum Gasteiger partial charge on any atom is 0.220 e. The normalized spacial score (nSPS) is 29.3. The van der Waals surface area contributed by atoms with E-state index in [9.17, 15) is 4.79 Å². The highest BCUT2D eigenvalue weighted by Crippen LogP contribution is 2.31. The van der Waals surface area contributed by atoms with E-state index in [2.05, 4.69) is 24.5 Å². The van der Waals surface area contributed by atoms with Crippen molar-refractivity contribution in [3.8, 4) is 0 Å². The van der Waals surface area contributed by atoms with Crippen molar-refractivity contribution in [2.45, 2.75) is 64.8 Å². The first-order valence-electron chi connectivity index (χ1n) is 8.17. The second-order valence-electron chi connectivity index (χ2n) is 6.72. The fourth-order valence-corrected chi connectivity index (χ4v) is 3.66. The summed E-state index contributed by atoms with van der Waals surface area (Å²) in [7, 11) is 0. The fourth-order valence-electron chi connectivity index (χ4n) is 3.66. The number of hydrogen-bond donors (Lipinski definition) is 2. The second kappa shape index (κ2) is 8.89. The Kier molecular flexibility index (Phi) is 7.90. The molecule has 2 rings (SSSR count). The van der Waals surface area contributed by atoms with Gasteiger partial charge < -0.3 is 10.6 Å². The van der Waals surface area contributed by atoms with E-state index in [1.807, 2.05) is 0 Å². The molecule has 3 unspecified atom stereocenters. The van der Waals surface area contributed by atoms with Gasteiger partial charge in [0.2, 0.25) is 5.91 Å². The van der Waals surface area contributed by atoms with Gasteiger partial charge in [0.05, 0.1) is 0 Å². The van der Waals surface area contributed by atoms with Gasteiger partial charge in [0.1, 0.15) is 0 Å². The summed E-state index contributed by atoms with van der Waals surface area (Å²) in [6, 6.07) is 0.382. The minimum atomic E-state index is 0. The highest BCUT2D eigenvalue weighted by atomic mass is 35.5. The van der Waals surface area contributed by atoms with Crippen LogP contribution in [0, 0.1) is 17.8 Å². The van der Waals surface area contributed by atoms with Crippen molar-refractivity contribution in [2.24, 2.45) is 17.8 Å². The topological polar surface area (TPSA) is 41.1 Å². The first kappa shape index (κ1) is 17.8. The van der Waals surface area contributed by atoms with Crippen LogP contribution in [-0.2, 0) is 4.79 Å². The molecule has 118 valence electrons. The van der Waals surface area contributed by atoms with Crippen LogP contribution in [0.3, 0.4) is 0 Å². The molecule has 0 radical (unpaired) electrons. The van der Waals surface area contributed by atoms with Crippen LogP contribution >= 0.6 is 12.4 Å². The van der Waals surface area contributed by atoms with Gasteiger partial charge >= 0.3 is 0 Å². The Bertz CT molecular complexity index is 292. The number of halogens is 1. The maximum absolute atomic E-state index is 12.2. The minimum absolute atomic E-state index is 0. The Labute approximate surface area is 130 Å². The summed E-state index contributed by atoms with van der Waals surface area (Å²) < 4.78 is 0. The Morgan fingerprint density at radius 3 is 2.60 bits per heavy atom. The standard InChI is InChI=1S/C16H30N2O.ClH/c1-12(14-6-4-3-5-7-14)10-16(19)18-15-8-9-17-11-13(15)2;/h12-15,17H,3-11H2,1-2H3,(H,18,19);1H. The number of carbonyl (C=O) groups is 1. The van der Waals surface area contributed by atoms with Crippen molar-refractivity contribution in [1.82, 2.24) is 10.6 Å². The van der Waals surface area contributed by atoms with Crippen LogP contribution in [0.25, 0.3) is 0 Å². The van der Waals surface area contributed by atoms with Gasteiger partial charge in [-0.15, -0.1) is 12.4 Å². The molecule has 2 fully saturated rings. The van der Waals surface area contributed by atoms with Gasteiger partial charge in [-0.1, -0.05) is 46.0 Å². The summed E-state index contributed by atoms with van der Waals surface area (Å²) in [5, 5.41) is 6.64. The Hall–Kier alpha value is -0.280. The van der Waals surface area contributed by atoms with Crippen LogP contribution in [0.4, 0.5) is 0 Å². The van der Waals surface area contributed by atoms with Gasteiger partial charge in [-0.3, -0.25) is 4.79 Å². The van der Waals surface area contributed by atoms with E-state index >= 15 is 0 Å². The monoisotopic (exact) mass is 302 g/mol. The van der Waals surface area contributed by atoms with E-state index in [1.165, 1.54) is 32.1 Å². The van der Waals surface area contributed by atoms with Crippen LogP contribution in [0.1, 0.15) is 58.8 Å². The largest absolute Gasteiger partial charge is 0.353 e. The zero-order valence-electron chi connectivity index (χ0n) is 13.0. The van der Waals surface area contributed by atoms with Crippen molar-refractivity contribution < 1.29 is 4.79 Å². The SMILES string of the molecule is CC(CC(=O)NC1CCNCC1C)C1CCCCC1.Cl. The molecule has 4 heteroatoms. The Balaban J connectivity index is 0.00000200. The summed E-state index contributed by atoms with van der Waals surface area (Å²) in [4.78, 5) is 12.2. The molecule has 1 aliphatic heterocycles. The highest BCUT2D eigenvalue weighted by Gasteiger charge is 2.25. The number of nitrogens with one attached hydrogen (secondary N) is 2. The average molecular weight is 303 g/mol. The third-order valence-corrected chi connectivity index (χ3v) is 5.09. The van der Waals surface area contributed by atoms with E-state index in [-0.39, 0.29) is 18.3 Å². The van der Waals surface area contributed by atoms with Gasteiger partial charge in [0.25, 0.3) is 0 Å². The first-order valence-corrected chi connectivity index (χ1v) is 8.17. The quantitative estimate of drug-likeness (QED) is 0.838. The molecule has 0 spiro atoms. The lowest BCUT2D eigenvalue weighted by Crippen LogP contribution is -2.48. The van der Waals surface area contributed by atoms with Crippen molar-refractivity contribution in [1.29, 1.82) is 0 Å². The van der Waals surface area contributed by atoms with Crippen molar-refractivity contribution in [3.05, 3.63) is 0 Å². The molecular weight excluding hydrogens is 272 g/mol. The molecule has 0 aromatic rings. The van der Waals surface area contributed by atoms with Crippen molar-refractivity contribution >= 4 is 18.3 Å². The Morgan fingerprint density at radius 1 is 1.25 bits per heavy atom. The van der Waals surface area contributed by atoms with E-state index in [0.29, 0.717) is 17.9 Å². The average Bonchev–Trinajstić information content (AvgIpc) is 2.42. The molecule has 3 nitrogen and oxygen atoms in total. The molecule has 1 amide bonds. The predicted octanol–water partition coefficient (Wildman–Crippen LogP) is 3.13. The summed E-state index contributed by atoms with van der Waals surface area (Å²) in [5.41, 5.74) is 0. The molecule has 1 saturated heterocycles. The lowest BCUT2D eigenvalue weighted by atomic mass is 9.79. The summed E-state index contributed by atoms with van der Waals surface area (Å²) in [5.74, 6) is 2.17. The summed E-state index contributed by atoms with van der Waals surface area (Å²) in [6.07, 6.45) is 8.58. The summed E-state index contributed by atoms with van der Waals surface area (Å²) in [6.45, 7) is 6.56. The van der Waals surface area contributed by atoms with Crippen LogP contribution in [-0.4, -0.2) is 25.0 Å². The van der Waals surface area contributed by atoms with Gasteiger partial charge in [-0.05, 0) is 37.3 Å². The molecule has 0 aromatic carbocycles. The van der Waals surface area contributed by atoms with Crippen molar-refractivity contribution in [2.75, 3.05) is 13.1 Å². The Morgan fingerprint density at radius 2 is 1.95 bits per heavy atom. The zero-order valence-corrected chi connectivity index (χ0v) is 13.8. The van der Waals surface area contributed by atoms with E-state index in [0.717, 1.165) is 31.8 Å². The minimum Gasteiger partial charge on any atom is -0.353 e. The van der Waals surface area contributed by atoms with E-state index in [4.69, 9.17) is 0 Å². The number of rotatable bonds is 4. The van der Waals surface area contributed by atoms with Gasteiger partial charge in [-0.25, -0.2) is 0 Å². The zero-order chi connectivity index (χ0) is 13.7. The van der Waals surface area contributed by atoms with Crippen LogP contribution in [0.2, 0.25) is 0 Å². The van der Waals surface area contributed by atoms with E-state index in [1.54, 1.807) is 0 Å². The predicted molar refractivity (Wildman–Crippen MR) is 86.2 cm³/mol. The molecule has 1 aliphatic carbocycles. The molecule has 20 heavy (non-hydrogen) atoms. The van der Waals surface area contributed by atoms with Crippen LogP contribution in [0.15, 0.2) is 0 Å². The third kappa shape index (κ3) is 5.25. The van der Waals surface area contributed by atoms with Crippen molar-refractivity contribution in [3.63, 3.8) is 0 Å². The van der Waals surface area contributed by atoms with Gasteiger partial charge in [-0.2, -0.15) is 0 Å². The smallest absolute Gasteiger partial charge is 0.220 e. The lowest BCUT2D eigenvalue weighted by molar-refractivity contribution is -0.123. The number of carbonyl (C=O) groups excluding carboxylic acids is 1. The van der Waals surface area contributed by atoms with Gasteiger partial charge in [0, 0.05) is 12.5 Å². The molecular formula is C16H31ClN2O. The summed E-state index contributed by atoms with van der Waals surface area (Å²) >= 11 is 0. The highest BCUT2D eigenvalue weighted by molar-refractivity contribution is 5.85. The van der Waals surface area contributed by atoms with Crippen LogP contribution < -0.4 is 10.6 Å². The molecule has 2 N–H and O–H groups in total. The number of amides is 1. The third-order valence-electron chi connectivity index (χ3n) is 5.09. The number of piperidine rings is 1. The molecule has 2 aliphatic rings. The fraction of sp³-hybridized carbons (Fsp3) is 0.938. The van der Waals surface area contributed by atoms with Gasteiger partial charge in [0.15, 0.2) is 0 Å². The van der Waals surface area contributed by atoms with Crippen LogP contribution in [0.5, 0.6) is 0 Å². The number of hydrogen-bond acceptors (Lipinski definition) is 2. The van der Waals surface area contributed by atoms with E-state index < -0.39 is 0 Å². The maximum atomic E-state index is 12.2. The lowest BCUT2D eigenvalue weighted by Gasteiger charge is -2.31. The molecule has 0 aromatic heterocycles. The molecule has 1 saturated carbocycles. The molecule has 0 bridgehead atoms. The molecule has 1 heterocycles. The molecule has 3 atom stereocenters.